The molecule has 2 aromatic rings. The largest absolute Gasteiger partial charge is 0.481 e. The van der Waals surface area contributed by atoms with E-state index in [2.05, 4.69) is 5.32 Å². The van der Waals surface area contributed by atoms with Crippen LogP contribution in [-0.4, -0.2) is 12.0 Å². The number of carbonyl (C=O) groups is 1. The highest BCUT2D eigenvalue weighted by Gasteiger charge is 2.28. The molecule has 0 saturated heterocycles. The third kappa shape index (κ3) is 6.03. The standard InChI is InChI=1S/C21H26F2N2O2/c1-3-7-19(20(26)25-14-15-8-5-4-6-9-15)27-17-11-10-16(13-24)18(12-17)21(2,22)23/h4-6,8-12,19H,3,7,13-14,24H2,1-2H3,(H,25,26). The quantitative estimate of drug-likeness (QED) is 0.692. The van der Waals surface area contributed by atoms with Crippen LogP contribution in [0.5, 0.6) is 5.75 Å². The van der Waals surface area contributed by atoms with E-state index >= 15 is 0 Å². The molecule has 0 aliphatic carbocycles. The van der Waals surface area contributed by atoms with Crippen molar-refractivity contribution >= 4 is 5.91 Å². The van der Waals surface area contributed by atoms with Crippen molar-refractivity contribution in [1.29, 1.82) is 0 Å². The van der Waals surface area contributed by atoms with Crippen LogP contribution in [0.1, 0.15) is 43.4 Å². The van der Waals surface area contributed by atoms with E-state index in [4.69, 9.17) is 10.5 Å². The van der Waals surface area contributed by atoms with Crippen LogP contribution in [0.25, 0.3) is 0 Å². The maximum Gasteiger partial charge on any atom is 0.270 e. The van der Waals surface area contributed by atoms with E-state index in [1.165, 1.54) is 12.1 Å². The molecule has 1 atom stereocenters. The molecule has 4 nitrogen and oxygen atoms in total. The summed E-state index contributed by atoms with van der Waals surface area (Å²) in [7, 11) is 0. The first-order valence-electron chi connectivity index (χ1n) is 9.04. The molecule has 0 spiro atoms. The van der Waals surface area contributed by atoms with Crippen LogP contribution < -0.4 is 15.8 Å². The van der Waals surface area contributed by atoms with E-state index < -0.39 is 12.0 Å². The van der Waals surface area contributed by atoms with Gasteiger partial charge in [0.2, 0.25) is 0 Å². The summed E-state index contributed by atoms with van der Waals surface area (Å²) in [5.74, 6) is -3.07. The van der Waals surface area contributed by atoms with Crippen LogP contribution in [0.4, 0.5) is 8.78 Å². The van der Waals surface area contributed by atoms with Gasteiger partial charge in [-0.15, -0.1) is 0 Å². The van der Waals surface area contributed by atoms with E-state index in [1.54, 1.807) is 6.07 Å². The summed E-state index contributed by atoms with van der Waals surface area (Å²) < 4.78 is 33.4. The van der Waals surface area contributed by atoms with Crippen molar-refractivity contribution in [1.82, 2.24) is 5.32 Å². The molecule has 2 aromatic carbocycles. The van der Waals surface area contributed by atoms with E-state index in [9.17, 15) is 13.6 Å². The monoisotopic (exact) mass is 376 g/mol. The Kier molecular flexibility index (Phi) is 7.30. The summed E-state index contributed by atoms with van der Waals surface area (Å²) in [6, 6.07) is 13.9. The molecule has 0 fully saturated rings. The summed E-state index contributed by atoms with van der Waals surface area (Å²) >= 11 is 0. The molecule has 146 valence electrons. The number of carbonyl (C=O) groups excluding carboxylic acids is 1. The highest BCUT2D eigenvalue weighted by molar-refractivity contribution is 5.81. The van der Waals surface area contributed by atoms with Crippen LogP contribution in [0, 0.1) is 0 Å². The molecule has 0 radical (unpaired) electrons. The van der Waals surface area contributed by atoms with Crippen molar-refractivity contribution in [3.63, 3.8) is 0 Å². The molecule has 3 N–H and O–H groups in total. The van der Waals surface area contributed by atoms with E-state index in [0.717, 1.165) is 18.9 Å². The summed E-state index contributed by atoms with van der Waals surface area (Å²) in [6.07, 6.45) is 0.457. The van der Waals surface area contributed by atoms with Gasteiger partial charge in [-0.1, -0.05) is 49.7 Å². The summed E-state index contributed by atoms with van der Waals surface area (Å²) in [6.45, 7) is 3.15. The SMILES string of the molecule is CCCC(Oc1ccc(CN)c(C(C)(F)F)c1)C(=O)NCc1ccccc1. The van der Waals surface area contributed by atoms with Gasteiger partial charge in [0.15, 0.2) is 6.10 Å². The zero-order valence-electron chi connectivity index (χ0n) is 15.7. The Morgan fingerprint density at radius 3 is 2.52 bits per heavy atom. The van der Waals surface area contributed by atoms with Crippen molar-refractivity contribution in [3.8, 4) is 5.75 Å². The van der Waals surface area contributed by atoms with E-state index in [1.807, 2.05) is 37.3 Å². The number of nitrogens with two attached hydrogens (primary N) is 1. The van der Waals surface area contributed by atoms with Crippen LogP contribution in [-0.2, 0) is 23.8 Å². The Morgan fingerprint density at radius 2 is 1.93 bits per heavy atom. The van der Waals surface area contributed by atoms with Crippen molar-refractivity contribution in [2.24, 2.45) is 5.73 Å². The smallest absolute Gasteiger partial charge is 0.270 e. The molecule has 1 amide bonds. The highest BCUT2D eigenvalue weighted by Crippen LogP contribution is 2.33. The number of ether oxygens (including phenoxy) is 1. The molecule has 2 rings (SSSR count). The second kappa shape index (κ2) is 9.46. The van der Waals surface area contributed by atoms with Crippen molar-refractivity contribution in [3.05, 3.63) is 65.2 Å². The number of hydrogen-bond donors (Lipinski definition) is 2. The zero-order chi connectivity index (χ0) is 19.9. The minimum atomic E-state index is -3.04. The Bertz CT molecular complexity index is 746. The Hall–Kier alpha value is -2.47. The average Bonchev–Trinajstić information content (AvgIpc) is 2.66. The predicted octanol–water partition coefficient (Wildman–Crippen LogP) is 4.12. The molecule has 6 heteroatoms. The molecular formula is C21H26F2N2O2. The molecule has 0 aromatic heterocycles. The number of alkyl halides is 2. The molecule has 0 saturated carbocycles. The van der Waals surface area contributed by atoms with Crippen molar-refractivity contribution in [2.75, 3.05) is 0 Å². The minimum Gasteiger partial charge on any atom is -0.481 e. The lowest BCUT2D eigenvalue weighted by molar-refractivity contribution is -0.128. The van der Waals surface area contributed by atoms with E-state index in [-0.39, 0.29) is 23.8 Å². The topological polar surface area (TPSA) is 64.3 Å². The van der Waals surface area contributed by atoms with Gasteiger partial charge in [0.25, 0.3) is 11.8 Å². The number of hydrogen-bond acceptors (Lipinski definition) is 3. The second-order valence-corrected chi connectivity index (χ2v) is 6.51. The molecule has 0 bridgehead atoms. The van der Waals surface area contributed by atoms with Gasteiger partial charge >= 0.3 is 0 Å². The summed E-state index contributed by atoms with van der Waals surface area (Å²) in [5, 5.41) is 2.84. The van der Waals surface area contributed by atoms with Crippen molar-refractivity contribution < 1.29 is 18.3 Å². The number of rotatable bonds is 9. The van der Waals surface area contributed by atoms with Gasteiger partial charge in [0, 0.05) is 25.6 Å². The number of nitrogens with one attached hydrogen (secondary N) is 1. The summed E-state index contributed by atoms with van der Waals surface area (Å²) in [5.41, 5.74) is 6.70. The number of amides is 1. The number of halogens is 2. The van der Waals surface area contributed by atoms with Gasteiger partial charge in [0.05, 0.1) is 0 Å². The third-order valence-corrected chi connectivity index (χ3v) is 4.21. The fourth-order valence-electron chi connectivity index (χ4n) is 2.78. The average molecular weight is 376 g/mol. The van der Waals surface area contributed by atoms with Gasteiger partial charge < -0.3 is 15.8 Å². The van der Waals surface area contributed by atoms with Crippen LogP contribution in [0.15, 0.2) is 48.5 Å². The van der Waals surface area contributed by atoms with Gasteiger partial charge in [0.1, 0.15) is 5.75 Å². The Morgan fingerprint density at radius 1 is 1.22 bits per heavy atom. The normalized spacial score (nSPS) is 12.5. The lowest BCUT2D eigenvalue weighted by Gasteiger charge is -2.21. The first kappa shape index (κ1) is 20.8. The van der Waals surface area contributed by atoms with Gasteiger partial charge in [-0.05, 0) is 29.7 Å². The third-order valence-electron chi connectivity index (χ3n) is 4.21. The fourth-order valence-corrected chi connectivity index (χ4v) is 2.78. The van der Waals surface area contributed by atoms with Crippen LogP contribution in [0.3, 0.4) is 0 Å². The van der Waals surface area contributed by atoms with Crippen molar-refractivity contribution in [2.45, 2.75) is 51.8 Å². The first-order valence-corrected chi connectivity index (χ1v) is 9.04. The lowest BCUT2D eigenvalue weighted by Crippen LogP contribution is -2.38. The highest BCUT2D eigenvalue weighted by atomic mass is 19.3. The fraction of sp³-hybridized carbons (Fsp3) is 0.381. The Balaban J connectivity index is 2.11. The molecule has 0 heterocycles. The lowest BCUT2D eigenvalue weighted by atomic mass is 10.0. The predicted molar refractivity (Wildman–Crippen MR) is 102 cm³/mol. The van der Waals surface area contributed by atoms with Gasteiger partial charge in [-0.2, -0.15) is 0 Å². The molecular weight excluding hydrogens is 350 g/mol. The molecule has 0 aliphatic heterocycles. The summed E-state index contributed by atoms with van der Waals surface area (Å²) in [4.78, 5) is 12.5. The molecule has 1 unspecified atom stereocenters. The minimum absolute atomic E-state index is 0.00892. The second-order valence-electron chi connectivity index (χ2n) is 6.51. The number of benzene rings is 2. The van der Waals surface area contributed by atoms with Crippen LogP contribution in [0.2, 0.25) is 0 Å². The molecule has 27 heavy (non-hydrogen) atoms. The van der Waals surface area contributed by atoms with E-state index in [0.29, 0.717) is 18.5 Å². The molecule has 0 aliphatic rings. The zero-order valence-corrected chi connectivity index (χ0v) is 15.7. The Labute approximate surface area is 158 Å². The first-order chi connectivity index (χ1) is 12.8. The van der Waals surface area contributed by atoms with Crippen LogP contribution >= 0.6 is 0 Å². The maximum absolute atomic E-state index is 13.8. The maximum atomic E-state index is 13.8. The van der Waals surface area contributed by atoms with Gasteiger partial charge in [-0.25, -0.2) is 8.78 Å². The van der Waals surface area contributed by atoms with Gasteiger partial charge in [-0.3, -0.25) is 4.79 Å².